The number of imidazole rings is 1. The van der Waals surface area contributed by atoms with Gasteiger partial charge in [-0.25, -0.2) is 4.98 Å². The molecule has 0 unspecified atom stereocenters. The van der Waals surface area contributed by atoms with Crippen LogP contribution in [0.3, 0.4) is 0 Å². The molecule has 5 heterocycles. The Bertz CT molecular complexity index is 838. The summed E-state index contributed by atoms with van der Waals surface area (Å²) in [5.41, 5.74) is 0. The summed E-state index contributed by atoms with van der Waals surface area (Å²) in [6, 6.07) is 0. The van der Waals surface area contributed by atoms with E-state index in [9.17, 15) is 4.79 Å². The summed E-state index contributed by atoms with van der Waals surface area (Å²) in [6.07, 6.45) is 9.12. The monoisotopic (exact) mass is 398 g/mol. The Balaban J connectivity index is 1.34. The second-order valence-corrected chi connectivity index (χ2v) is 7.71. The van der Waals surface area contributed by atoms with Gasteiger partial charge in [-0.05, 0) is 25.7 Å². The number of carbonyl (C=O) groups excluding carboxylic acids is 1. The molecular formula is C19H26N8O2. The molecule has 2 aromatic rings. The molecule has 3 aliphatic rings. The van der Waals surface area contributed by atoms with E-state index in [4.69, 9.17) is 14.7 Å². The minimum atomic E-state index is -0.256. The zero-order chi connectivity index (χ0) is 19.6. The molecule has 1 amide bonds. The lowest BCUT2D eigenvalue weighted by Crippen LogP contribution is -2.52. The Kier molecular flexibility index (Phi) is 5.01. The first-order valence-electron chi connectivity index (χ1n) is 10.4. The predicted octanol–water partition coefficient (Wildman–Crippen LogP) is 0.485. The third-order valence-electron chi connectivity index (χ3n) is 5.80. The van der Waals surface area contributed by atoms with Crippen molar-refractivity contribution in [1.82, 2.24) is 29.4 Å². The largest absolute Gasteiger partial charge is 0.368 e. The van der Waals surface area contributed by atoms with Gasteiger partial charge in [0.25, 0.3) is 5.91 Å². The van der Waals surface area contributed by atoms with E-state index >= 15 is 0 Å². The molecule has 10 nitrogen and oxygen atoms in total. The SMILES string of the molecule is O=C([C@H]1CCCO1)N1CCN(c2nc(N3CCCC3)nc(-n3ccnc3)n2)CC1. The van der Waals surface area contributed by atoms with E-state index in [1.54, 1.807) is 12.5 Å². The minimum absolute atomic E-state index is 0.120. The summed E-state index contributed by atoms with van der Waals surface area (Å²) in [6.45, 7) is 5.34. The molecular weight excluding hydrogens is 372 g/mol. The zero-order valence-electron chi connectivity index (χ0n) is 16.5. The van der Waals surface area contributed by atoms with Crippen LogP contribution >= 0.6 is 0 Å². The number of ether oxygens (including phenoxy) is 1. The van der Waals surface area contributed by atoms with E-state index in [0.717, 1.165) is 38.8 Å². The van der Waals surface area contributed by atoms with Crippen molar-refractivity contribution in [3.05, 3.63) is 18.7 Å². The molecule has 0 radical (unpaired) electrons. The van der Waals surface area contributed by atoms with Crippen LogP contribution in [0.4, 0.5) is 11.9 Å². The third-order valence-corrected chi connectivity index (χ3v) is 5.80. The van der Waals surface area contributed by atoms with Gasteiger partial charge in [0, 0.05) is 58.3 Å². The number of nitrogens with zero attached hydrogens (tertiary/aromatic N) is 8. The molecule has 0 aromatic carbocycles. The lowest BCUT2D eigenvalue weighted by molar-refractivity contribution is -0.141. The Hall–Kier alpha value is -2.75. The number of hydrogen-bond acceptors (Lipinski definition) is 8. The van der Waals surface area contributed by atoms with E-state index in [-0.39, 0.29) is 12.0 Å². The number of carbonyl (C=O) groups is 1. The summed E-state index contributed by atoms with van der Waals surface area (Å²) in [5, 5.41) is 0. The first kappa shape index (κ1) is 18.3. The van der Waals surface area contributed by atoms with Crippen LogP contribution in [-0.2, 0) is 9.53 Å². The molecule has 29 heavy (non-hydrogen) atoms. The highest BCUT2D eigenvalue weighted by molar-refractivity contribution is 5.81. The van der Waals surface area contributed by atoms with Gasteiger partial charge in [0.15, 0.2) is 0 Å². The molecule has 2 aromatic heterocycles. The van der Waals surface area contributed by atoms with E-state index < -0.39 is 0 Å². The van der Waals surface area contributed by atoms with Gasteiger partial charge in [0.05, 0.1) is 0 Å². The van der Waals surface area contributed by atoms with Gasteiger partial charge < -0.3 is 19.4 Å². The zero-order valence-corrected chi connectivity index (χ0v) is 16.5. The minimum Gasteiger partial charge on any atom is -0.368 e. The van der Waals surface area contributed by atoms with Crippen LogP contribution in [0.2, 0.25) is 0 Å². The fourth-order valence-electron chi connectivity index (χ4n) is 4.14. The topological polar surface area (TPSA) is 92.5 Å². The molecule has 5 rings (SSSR count). The first-order valence-corrected chi connectivity index (χ1v) is 10.4. The summed E-state index contributed by atoms with van der Waals surface area (Å²) in [7, 11) is 0. The summed E-state index contributed by atoms with van der Waals surface area (Å²) < 4.78 is 7.36. The molecule has 0 spiro atoms. The molecule has 0 aliphatic carbocycles. The smallest absolute Gasteiger partial charge is 0.251 e. The summed E-state index contributed by atoms with van der Waals surface area (Å²) >= 11 is 0. The van der Waals surface area contributed by atoms with E-state index in [0.29, 0.717) is 50.6 Å². The van der Waals surface area contributed by atoms with E-state index in [1.165, 1.54) is 0 Å². The fraction of sp³-hybridized carbons (Fsp3) is 0.632. The molecule has 0 N–H and O–H groups in total. The molecule has 0 saturated carbocycles. The predicted molar refractivity (Wildman–Crippen MR) is 106 cm³/mol. The normalized spacial score (nSPS) is 22.5. The molecule has 3 aliphatic heterocycles. The van der Waals surface area contributed by atoms with Crippen LogP contribution in [-0.4, -0.2) is 87.3 Å². The Morgan fingerprint density at radius 1 is 0.897 bits per heavy atom. The highest BCUT2D eigenvalue weighted by atomic mass is 16.5. The number of piperazine rings is 1. The van der Waals surface area contributed by atoms with Crippen molar-refractivity contribution in [3.8, 4) is 5.95 Å². The van der Waals surface area contributed by atoms with Crippen molar-refractivity contribution in [3.63, 3.8) is 0 Å². The van der Waals surface area contributed by atoms with E-state index in [1.807, 2.05) is 15.7 Å². The van der Waals surface area contributed by atoms with Gasteiger partial charge >= 0.3 is 0 Å². The molecule has 0 bridgehead atoms. The van der Waals surface area contributed by atoms with Crippen LogP contribution in [0, 0.1) is 0 Å². The van der Waals surface area contributed by atoms with Crippen LogP contribution in [0.5, 0.6) is 0 Å². The highest BCUT2D eigenvalue weighted by Crippen LogP contribution is 2.22. The average molecular weight is 398 g/mol. The number of hydrogen-bond donors (Lipinski definition) is 0. The maximum Gasteiger partial charge on any atom is 0.251 e. The van der Waals surface area contributed by atoms with Gasteiger partial charge in [0.1, 0.15) is 12.4 Å². The molecule has 3 fully saturated rings. The van der Waals surface area contributed by atoms with Crippen molar-refractivity contribution in [2.24, 2.45) is 0 Å². The molecule has 10 heteroatoms. The van der Waals surface area contributed by atoms with Crippen LogP contribution in [0.15, 0.2) is 18.7 Å². The summed E-state index contributed by atoms with van der Waals surface area (Å²) in [4.78, 5) is 37.1. The highest BCUT2D eigenvalue weighted by Gasteiger charge is 2.31. The number of anilines is 2. The second-order valence-electron chi connectivity index (χ2n) is 7.71. The lowest BCUT2D eigenvalue weighted by atomic mass is 10.2. The molecule has 1 atom stereocenters. The van der Waals surface area contributed by atoms with Gasteiger partial charge in [-0.15, -0.1) is 0 Å². The standard InChI is InChI=1S/C19H26N8O2/c28-16(15-4-3-13-29-15)24-9-11-26(12-10-24)18-21-17(25-6-1-2-7-25)22-19(23-18)27-8-5-20-14-27/h5,8,14-15H,1-4,6-7,9-13H2/t15-/m1/s1. The quantitative estimate of drug-likeness (QED) is 0.735. The number of aromatic nitrogens is 5. The van der Waals surface area contributed by atoms with Crippen molar-refractivity contribution in [1.29, 1.82) is 0 Å². The van der Waals surface area contributed by atoms with Crippen LogP contribution < -0.4 is 9.80 Å². The van der Waals surface area contributed by atoms with Crippen LogP contribution in [0.1, 0.15) is 25.7 Å². The number of amides is 1. The molecule has 154 valence electrons. The summed E-state index contributed by atoms with van der Waals surface area (Å²) in [5.74, 6) is 2.07. The van der Waals surface area contributed by atoms with Crippen molar-refractivity contribution in [2.75, 3.05) is 55.7 Å². The fourth-order valence-corrected chi connectivity index (χ4v) is 4.14. The third kappa shape index (κ3) is 3.76. The van der Waals surface area contributed by atoms with E-state index in [2.05, 4.69) is 19.8 Å². The lowest BCUT2D eigenvalue weighted by Gasteiger charge is -2.36. The van der Waals surface area contributed by atoms with Crippen molar-refractivity contribution >= 4 is 17.8 Å². The number of rotatable bonds is 4. The van der Waals surface area contributed by atoms with Gasteiger partial charge in [-0.3, -0.25) is 9.36 Å². The van der Waals surface area contributed by atoms with Gasteiger partial charge in [-0.1, -0.05) is 0 Å². The Labute approximate surface area is 169 Å². The second kappa shape index (κ2) is 7.94. The maximum absolute atomic E-state index is 12.6. The van der Waals surface area contributed by atoms with Gasteiger partial charge in [-0.2, -0.15) is 15.0 Å². The maximum atomic E-state index is 12.6. The van der Waals surface area contributed by atoms with Crippen LogP contribution in [0.25, 0.3) is 5.95 Å². The van der Waals surface area contributed by atoms with Crippen molar-refractivity contribution in [2.45, 2.75) is 31.8 Å². The average Bonchev–Trinajstić information content (AvgIpc) is 3.55. The molecule has 3 saturated heterocycles. The Morgan fingerprint density at radius 2 is 1.59 bits per heavy atom. The Morgan fingerprint density at radius 3 is 2.21 bits per heavy atom. The van der Waals surface area contributed by atoms with Gasteiger partial charge in [0.2, 0.25) is 17.8 Å². The van der Waals surface area contributed by atoms with Crippen molar-refractivity contribution < 1.29 is 9.53 Å². The first-order chi connectivity index (χ1) is 14.3.